The molecule has 1 aliphatic rings. The van der Waals surface area contributed by atoms with E-state index in [0.717, 1.165) is 29.7 Å². The van der Waals surface area contributed by atoms with Crippen LogP contribution in [0.3, 0.4) is 0 Å². The largest absolute Gasteiger partial charge is 0.348 e. The normalized spacial score (nSPS) is 19.5. The van der Waals surface area contributed by atoms with Gasteiger partial charge in [-0.05, 0) is 37.5 Å². The van der Waals surface area contributed by atoms with Crippen LogP contribution in [0.15, 0.2) is 18.2 Å². The topological polar surface area (TPSA) is 89.0 Å². The first-order valence-corrected chi connectivity index (χ1v) is 10.0. The lowest BCUT2D eigenvalue weighted by Crippen LogP contribution is -2.35. The number of nitrogens with one attached hydrogen (secondary N) is 1. The standard InChI is InChI=1S/C17H21N3O3S/c1-3-13-14(4-2)20-16-9-11(5-6-15(16)19-13)17(21)18-12-7-8-24(22,23)10-12/h5-6,9,12H,3-4,7-8,10H2,1-2H3,(H,18,21). The second-order valence-corrected chi connectivity index (χ2v) is 8.33. The van der Waals surface area contributed by atoms with Crippen molar-refractivity contribution in [1.29, 1.82) is 0 Å². The Kier molecular flexibility index (Phi) is 4.54. The van der Waals surface area contributed by atoms with Crippen LogP contribution in [0, 0.1) is 0 Å². The number of hydrogen-bond acceptors (Lipinski definition) is 5. The summed E-state index contributed by atoms with van der Waals surface area (Å²) in [6.45, 7) is 4.08. The molecule has 24 heavy (non-hydrogen) atoms. The molecule has 1 amide bonds. The highest BCUT2D eigenvalue weighted by atomic mass is 32.2. The van der Waals surface area contributed by atoms with E-state index in [1.807, 2.05) is 13.8 Å². The highest BCUT2D eigenvalue weighted by Crippen LogP contribution is 2.17. The zero-order chi connectivity index (χ0) is 17.3. The van der Waals surface area contributed by atoms with Crippen molar-refractivity contribution in [3.8, 4) is 0 Å². The molecule has 0 radical (unpaired) electrons. The molecule has 7 heteroatoms. The van der Waals surface area contributed by atoms with E-state index in [9.17, 15) is 13.2 Å². The molecule has 1 aromatic carbocycles. The van der Waals surface area contributed by atoms with E-state index in [1.165, 1.54) is 0 Å². The Morgan fingerprint density at radius 1 is 1.17 bits per heavy atom. The van der Waals surface area contributed by atoms with Gasteiger partial charge in [0, 0.05) is 11.6 Å². The molecule has 1 aliphatic heterocycles. The van der Waals surface area contributed by atoms with Gasteiger partial charge in [-0.1, -0.05) is 13.8 Å². The van der Waals surface area contributed by atoms with E-state index in [1.54, 1.807) is 18.2 Å². The minimum Gasteiger partial charge on any atom is -0.348 e. The summed E-state index contributed by atoms with van der Waals surface area (Å²) in [5.74, 6) is -0.106. The summed E-state index contributed by atoms with van der Waals surface area (Å²) in [4.78, 5) is 21.6. The predicted octanol–water partition coefficient (Wildman–Crippen LogP) is 1.67. The number of aromatic nitrogens is 2. The summed E-state index contributed by atoms with van der Waals surface area (Å²) in [6, 6.07) is 4.92. The average molecular weight is 347 g/mol. The summed E-state index contributed by atoms with van der Waals surface area (Å²) in [6.07, 6.45) is 2.09. The van der Waals surface area contributed by atoms with Crippen LogP contribution in [0.4, 0.5) is 0 Å². The fraction of sp³-hybridized carbons (Fsp3) is 0.471. The second-order valence-electron chi connectivity index (χ2n) is 6.10. The summed E-state index contributed by atoms with van der Waals surface area (Å²) in [5.41, 5.74) is 3.87. The molecule has 2 heterocycles. The molecular weight excluding hydrogens is 326 g/mol. The SMILES string of the molecule is CCc1nc2ccc(C(=O)NC3CCS(=O)(=O)C3)cc2nc1CC. The molecule has 1 N–H and O–H groups in total. The average Bonchev–Trinajstić information content (AvgIpc) is 2.91. The van der Waals surface area contributed by atoms with E-state index in [2.05, 4.69) is 15.3 Å². The van der Waals surface area contributed by atoms with E-state index >= 15 is 0 Å². The Morgan fingerprint density at radius 3 is 2.42 bits per heavy atom. The first kappa shape index (κ1) is 16.8. The van der Waals surface area contributed by atoms with Crippen molar-refractivity contribution in [2.45, 2.75) is 39.2 Å². The van der Waals surface area contributed by atoms with Crippen LogP contribution in [-0.2, 0) is 22.7 Å². The third kappa shape index (κ3) is 3.40. The van der Waals surface area contributed by atoms with Gasteiger partial charge >= 0.3 is 0 Å². The van der Waals surface area contributed by atoms with E-state index in [4.69, 9.17) is 0 Å². The number of nitrogens with zero attached hydrogens (tertiary/aromatic N) is 2. The molecule has 1 saturated heterocycles. The van der Waals surface area contributed by atoms with Crippen molar-refractivity contribution in [2.24, 2.45) is 0 Å². The quantitative estimate of drug-likeness (QED) is 0.909. The Balaban J connectivity index is 1.86. The Labute approximate surface area is 141 Å². The number of sulfone groups is 1. The number of amides is 1. The molecule has 0 bridgehead atoms. The molecule has 1 atom stereocenters. The summed E-state index contributed by atoms with van der Waals surface area (Å²) in [5, 5.41) is 2.80. The molecule has 1 unspecified atom stereocenters. The smallest absolute Gasteiger partial charge is 0.251 e. The Bertz CT molecular complexity index is 893. The lowest BCUT2D eigenvalue weighted by atomic mass is 10.1. The minimum absolute atomic E-state index is 0.0198. The maximum Gasteiger partial charge on any atom is 0.251 e. The second kappa shape index (κ2) is 6.47. The molecule has 3 rings (SSSR count). The predicted molar refractivity (Wildman–Crippen MR) is 92.8 cm³/mol. The first-order chi connectivity index (χ1) is 11.4. The van der Waals surface area contributed by atoms with Gasteiger partial charge in [-0.25, -0.2) is 18.4 Å². The van der Waals surface area contributed by atoms with Gasteiger partial charge in [0.2, 0.25) is 0 Å². The molecule has 0 saturated carbocycles. The van der Waals surface area contributed by atoms with Crippen molar-refractivity contribution in [3.63, 3.8) is 0 Å². The lowest BCUT2D eigenvalue weighted by molar-refractivity contribution is 0.0941. The highest BCUT2D eigenvalue weighted by molar-refractivity contribution is 7.91. The molecule has 6 nitrogen and oxygen atoms in total. The number of benzene rings is 1. The third-order valence-electron chi connectivity index (χ3n) is 4.32. The highest BCUT2D eigenvalue weighted by Gasteiger charge is 2.29. The van der Waals surface area contributed by atoms with Gasteiger partial charge in [-0.3, -0.25) is 4.79 Å². The number of rotatable bonds is 4. The molecule has 2 aromatic rings. The zero-order valence-corrected chi connectivity index (χ0v) is 14.7. The first-order valence-electron chi connectivity index (χ1n) is 8.22. The molecule has 0 aliphatic carbocycles. The van der Waals surface area contributed by atoms with Crippen LogP contribution in [0.2, 0.25) is 0 Å². The van der Waals surface area contributed by atoms with Crippen LogP contribution in [0.5, 0.6) is 0 Å². The van der Waals surface area contributed by atoms with E-state index in [0.29, 0.717) is 17.5 Å². The molecule has 1 fully saturated rings. The Hall–Kier alpha value is -2.02. The summed E-state index contributed by atoms with van der Waals surface area (Å²) < 4.78 is 23.0. The summed E-state index contributed by atoms with van der Waals surface area (Å²) >= 11 is 0. The van der Waals surface area contributed by atoms with E-state index in [-0.39, 0.29) is 23.5 Å². The van der Waals surface area contributed by atoms with Crippen LogP contribution in [-0.4, -0.2) is 41.8 Å². The van der Waals surface area contributed by atoms with Crippen LogP contribution in [0.1, 0.15) is 42.0 Å². The van der Waals surface area contributed by atoms with Crippen molar-refractivity contribution in [3.05, 3.63) is 35.2 Å². The van der Waals surface area contributed by atoms with Crippen LogP contribution < -0.4 is 5.32 Å². The zero-order valence-electron chi connectivity index (χ0n) is 13.9. The molecule has 1 aromatic heterocycles. The minimum atomic E-state index is -3.01. The van der Waals surface area contributed by atoms with Crippen LogP contribution >= 0.6 is 0 Å². The van der Waals surface area contributed by atoms with Crippen molar-refractivity contribution >= 4 is 26.8 Å². The Morgan fingerprint density at radius 2 is 1.83 bits per heavy atom. The van der Waals surface area contributed by atoms with Gasteiger partial charge in [-0.2, -0.15) is 0 Å². The maximum absolute atomic E-state index is 12.4. The monoisotopic (exact) mass is 347 g/mol. The third-order valence-corrected chi connectivity index (χ3v) is 6.09. The molecule has 128 valence electrons. The number of carbonyl (C=O) groups excluding carboxylic acids is 1. The fourth-order valence-corrected chi connectivity index (χ4v) is 4.69. The molecule has 0 spiro atoms. The number of fused-ring (bicyclic) bond motifs is 1. The van der Waals surface area contributed by atoms with Gasteiger partial charge in [0.05, 0.1) is 33.9 Å². The van der Waals surface area contributed by atoms with Crippen LogP contribution in [0.25, 0.3) is 11.0 Å². The van der Waals surface area contributed by atoms with E-state index < -0.39 is 9.84 Å². The van der Waals surface area contributed by atoms with Crippen molar-refractivity contribution in [2.75, 3.05) is 11.5 Å². The van der Waals surface area contributed by atoms with Crippen molar-refractivity contribution in [1.82, 2.24) is 15.3 Å². The van der Waals surface area contributed by atoms with Gasteiger partial charge in [-0.15, -0.1) is 0 Å². The fourth-order valence-electron chi connectivity index (χ4n) is 3.01. The van der Waals surface area contributed by atoms with Gasteiger partial charge in [0.1, 0.15) is 0 Å². The van der Waals surface area contributed by atoms with Gasteiger partial charge in [0.25, 0.3) is 5.91 Å². The number of aryl methyl sites for hydroxylation is 2. The van der Waals surface area contributed by atoms with Gasteiger partial charge in [0.15, 0.2) is 9.84 Å². The number of carbonyl (C=O) groups is 1. The van der Waals surface area contributed by atoms with Crippen molar-refractivity contribution < 1.29 is 13.2 Å². The summed E-state index contributed by atoms with van der Waals surface area (Å²) in [7, 11) is -3.01. The number of hydrogen-bond donors (Lipinski definition) is 1. The lowest BCUT2D eigenvalue weighted by Gasteiger charge is -2.12. The van der Waals surface area contributed by atoms with Gasteiger partial charge < -0.3 is 5.32 Å². The molecular formula is C17H21N3O3S. The maximum atomic E-state index is 12.4.